The maximum absolute atomic E-state index is 12.1. The lowest BCUT2D eigenvalue weighted by molar-refractivity contribution is 0.0718. The third kappa shape index (κ3) is 4.27. The zero-order chi connectivity index (χ0) is 17.6. The number of benzene rings is 1. The summed E-state index contributed by atoms with van der Waals surface area (Å²) in [6, 6.07) is 10.9. The Labute approximate surface area is 151 Å². The average molecular weight is 399 g/mol. The van der Waals surface area contributed by atoms with Crippen molar-refractivity contribution in [2.75, 3.05) is 0 Å². The quantitative estimate of drug-likeness (QED) is 0.492. The van der Waals surface area contributed by atoms with Crippen molar-refractivity contribution in [1.29, 1.82) is 0 Å². The number of carbonyl (C=O) groups is 2. The maximum atomic E-state index is 12.1. The number of hydrogen-bond donors (Lipinski definition) is 0. The van der Waals surface area contributed by atoms with E-state index in [4.69, 9.17) is 9.47 Å². The van der Waals surface area contributed by atoms with E-state index in [1.807, 2.05) is 0 Å². The highest BCUT2D eigenvalue weighted by Crippen LogP contribution is 2.30. The first-order chi connectivity index (χ1) is 12.1. The fourth-order valence-corrected chi connectivity index (χ4v) is 2.37. The summed E-state index contributed by atoms with van der Waals surface area (Å²) >= 11 is 3.30. The van der Waals surface area contributed by atoms with Crippen LogP contribution in [-0.2, 0) is 0 Å². The van der Waals surface area contributed by atoms with E-state index in [2.05, 4.69) is 25.9 Å². The van der Waals surface area contributed by atoms with Crippen LogP contribution in [0.1, 0.15) is 20.7 Å². The van der Waals surface area contributed by atoms with Gasteiger partial charge in [-0.05, 0) is 58.4 Å². The van der Waals surface area contributed by atoms with Gasteiger partial charge in [0.2, 0.25) is 0 Å². The molecule has 1 aromatic carbocycles. The molecular weight excluding hydrogens is 388 g/mol. The molecule has 0 fully saturated rings. The fourth-order valence-electron chi connectivity index (χ4n) is 1.93. The van der Waals surface area contributed by atoms with Gasteiger partial charge < -0.3 is 9.47 Å². The van der Waals surface area contributed by atoms with Crippen molar-refractivity contribution in [3.63, 3.8) is 0 Å². The van der Waals surface area contributed by atoms with Gasteiger partial charge in [-0.15, -0.1) is 0 Å². The van der Waals surface area contributed by atoms with Gasteiger partial charge in [-0.1, -0.05) is 0 Å². The van der Waals surface area contributed by atoms with Gasteiger partial charge in [-0.25, -0.2) is 9.59 Å². The Kier molecular flexibility index (Phi) is 5.15. The second kappa shape index (κ2) is 7.67. The topological polar surface area (TPSA) is 78.4 Å². The molecule has 0 N–H and O–H groups in total. The number of rotatable bonds is 4. The molecule has 0 bridgehead atoms. The van der Waals surface area contributed by atoms with E-state index in [9.17, 15) is 9.59 Å². The average Bonchev–Trinajstić information content (AvgIpc) is 2.65. The van der Waals surface area contributed by atoms with Crippen molar-refractivity contribution < 1.29 is 19.1 Å². The molecule has 124 valence electrons. The third-order valence-electron chi connectivity index (χ3n) is 3.15. The predicted molar refractivity (Wildman–Crippen MR) is 92.5 cm³/mol. The molecular formula is C18H11BrN2O4. The van der Waals surface area contributed by atoms with Crippen molar-refractivity contribution in [3.8, 4) is 11.5 Å². The van der Waals surface area contributed by atoms with Gasteiger partial charge in [-0.2, -0.15) is 0 Å². The lowest BCUT2D eigenvalue weighted by Gasteiger charge is -2.09. The summed E-state index contributed by atoms with van der Waals surface area (Å²) in [6.45, 7) is 0. The Hall–Kier alpha value is -3.06. The highest BCUT2D eigenvalue weighted by molar-refractivity contribution is 9.10. The van der Waals surface area contributed by atoms with E-state index in [1.54, 1.807) is 42.5 Å². The van der Waals surface area contributed by atoms with E-state index >= 15 is 0 Å². The lowest BCUT2D eigenvalue weighted by Crippen LogP contribution is -2.10. The summed E-state index contributed by atoms with van der Waals surface area (Å²) < 4.78 is 11.1. The normalized spacial score (nSPS) is 10.1. The van der Waals surface area contributed by atoms with Crippen molar-refractivity contribution in [2.45, 2.75) is 0 Å². The zero-order valence-electron chi connectivity index (χ0n) is 12.8. The molecule has 0 amide bonds. The summed E-state index contributed by atoms with van der Waals surface area (Å²) in [5.74, 6) is -0.386. The van der Waals surface area contributed by atoms with E-state index in [1.165, 1.54) is 24.8 Å². The van der Waals surface area contributed by atoms with Crippen molar-refractivity contribution in [3.05, 3.63) is 82.9 Å². The van der Waals surface area contributed by atoms with Crippen LogP contribution >= 0.6 is 15.9 Å². The molecule has 0 aliphatic carbocycles. The van der Waals surface area contributed by atoms with Crippen LogP contribution in [0.4, 0.5) is 0 Å². The monoisotopic (exact) mass is 398 g/mol. The van der Waals surface area contributed by atoms with Crippen LogP contribution in [0, 0.1) is 0 Å². The molecule has 0 saturated carbocycles. The molecule has 3 aromatic rings. The van der Waals surface area contributed by atoms with Gasteiger partial charge in [0.05, 0.1) is 15.6 Å². The van der Waals surface area contributed by atoms with Crippen LogP contribution in [0.2, 0.25) is 0 Å². The lowest BCUT2D eigenvalue weighted by atomic mass is 10.2. The Morgan fingerprint density at radius 1 is 0.760 bits per heavy atom. The molecule has 0 saturated heterocycles. The SMILES string of the molecule is O=C(Oc1ccc(OC(=O)c2ccncc2)c(Br)c1)c1ccncc1. The minimum atomic E-state index is -0.510. The number of pyridine rings is 2. The smallest absolute Gasteiger partial charge is 0.343 e. The van der Waals surface area contributed by atoms with Crippen LogP contribution in [0.3, 0.4) is 0 Å². The number of esters is 2. The van der Waals surface area contributed by atoms with E-state index in [-0.39, 0.29) is 0 Å². The minimum Gasteiger partial charge on any atom is -0.423 e. The summed E-state index contributed by atoms with van der Waals surface area (Å²) in [5, 5.41) is 0. The molecule has 3 rings (SSSR count). The highest BCUT2D eigenvalue weighted by atomic mass is 79.9. The first-order valence-corrected chi connectivity index (χ1v) is 7.97. The first-order valence-electron chi connectivity index (χ1n) is 7.17. The van der Waals surface area contributed by atoms with Crippen LogP contribution < -0.4 is 9.47 Å². The Morgan fingerprint density at radius 2 is 1.28 bits per heavy atom. The summed E-state index contributed by atoms with van der Waals surface area (Å²) in [7, 11) is 0. The fraction of sp³-hybridized carbons (Fsp3) is 0. The van der Waals surface area contributed by atoms with Gasteiger partial charge in [-0.3, -0.25) is 9.97 Å². The molecule has 0 aliphatic heterocycles. The first kappa shape index (κ1) is 16.8. The van der Waals surface area contributed by atoms with Crippen LogP contribution in [0.15, 0.2) is 71.7 Å². The van der Waals surface area contributed by atoms with Crippen molar-refractivity contribution in [2.24, 2.45) is 0 Å². The summed E-state index contributed by atoms with van der Waals surface area (Å²) in [6.07, 6.45) is 6.03. The Bertz CT molecular complexity index is 901. The van der Waals surface area contributed by atoms with Crippen LogP contribution in [0.25, 0.3) is 0 Å². The van der Waals surface area contributed by atoms with Crippen molar-refractivity contribution in [1.82, 2.24) is 9.97 Å². The zero-order valence-corrected chi connectivity index (χ0v) is 14.3. The van der Waals surface area contributed by atoms with Gasteiger partial charge in [0.25, 0.3) is 0 Å². The number of carbonyl (C=O) groups excluding carboxylic acids is 2. The minimum absolute atomic E-state index is 0.311. The van der Waals surface area contributed by atoms with Gasteiger partial charge in [0.15, 0.2) is 0 Å². The van der Waals surface area contributed by atoms with Gasteiger partial charge in [0, 0.05) is 24.8 Å². The molecule has 0 atom stereocenters. The number of hydrogen-bond acceptors (Lipinski definition) is 6. The molecule has 2 aromatic heterocycles. The molecule has 0 spiro atoms. The number of ether oxygens (including phenoxy) is 2. The van der Waals surface area contributed by atoms with Gasteiger partial charge in [0.1, 0.15) is 11.5 Å². The number of nitrogens with zero attached hydrogens (tertiary/aromatic N) is 2. The molecule has 2 heterocycles. The maximum Gasteiger partial charge on any atom is 0.343 e. The van der Waals surface area contributed by atoms with E-state index in [0.29, 0.717) is 27.1 Å². The predicted octanol–water partition coefficient (Wildman–Crippen LogP) is 3.68. The van der Waals surface area contributed by atoms with E-state index < -0.39 is 11.9 Å². The third-order valence-corrected chi connectivity index (χ3v) is 3.77. The molecule has 0 unspecified atom stereocenters. The number of halogens is 1. The second-order valence-electron chi connectivity index (χ2n) is 4.84. The van der Waals surface area contributed by atoms with Crippen molar-refractivity contribution >= 4 is 27.9 Å². The van der Waals surface area contributed by atoms with Crippen LogP contribution in [0.5, 0.6) is 11.5 Å². The molecule has 6 nitrogen and oxygen atoms in total. The van der Waals surface area contributed by atoms with Gasteiger partial charge >= 0.3 is 11.9 Å². The molecule has 25 heavy (non-hydrogen) atoms. The Morgan fingerprint density at radius 3 is 1.80 bits per heavy atom. The highest BCUT2D eigenvalue weighted by Gasteiger charge is 2.13. The van der Waals surface area contributed by atoms with E-state index in [0.717, 1.165) is 0 Å². The number of aromatic nitrogens is 2. The summed E-state index contributed by atoms with van der Waals surface area (Å²) in [5.41, 5.74) is 0.773. The Balaban J connectivity index is 1.71. The second-order valence-corrected chi connectivity index (χ2v) is 5.70. The molecule has 0 radical (unpaired) electrons. The van der Waals surface area contributed by atoms with Crippen LogP contribution in [-0.4, -0.2) is 21.9 Å². The molecule has 0 aliphatic rings. The largest absolute Gasteiger partial charge is 0.423 e. The standard InChI is InChI=1S/C18H11BrN2O4/c19-15-11-14(24-17(22)12-3-7-20-8-4-12)1-2-16(15)25-18(23)13-5-9-21-10-6-13/h1-11H. The molecule has 7 heteroatoms. The summed E-state index contributed by atoms with van der Waals surface area (Å²) in [4.78, 5) is 31.8.